The van der Waals surface area contributed by atoms with Crippen LogP contribution in [0.3, 0.4) is 0 Å². The van der Waals surface area contributed by atoms with E-state index >= 15 is 0 Å². The number of aryl methyl sites for hydroxylation is 3. The summed E-state index contributed by atoms with van der Waals surface area (Å²) >= 11 is 0. The fraction of sp³-hybridized carbons (Fsp3) is 0.214. The molecule has 1 aromatic carbocycles. The average molecular weight is 288 g/mol. The summed E-state index contributed by atoms with van der Waals surface area (Å²) in [5, 5.41) is 27.5. The van der Waals surface area contributed by atoms with Crippen molar-refractivity contribution < 1.29 is 10.0 Å². The molecule has 0 aliphatic rings. The molecule has 7 heteroatoms. The van der Waals surface area contributed by atoms with Crippen molar-refractivity contribution in [1.29, 1.82) is 0 Å². The summed E-state index contributed by atoms with van der Waals surface area (Å²) in [5.74, 6) is 0.147. The Labute approximate surface area is 121 Å². The van der Waals surface area contributed by atoms with E-state index in [1.165, 1.54) is 4.68 Å². The van der Waals surface area contributed by atoms with E-state index in [0.29, 0.717) is 11.3 Å². The van der Waals surface area contributed by atoms with Gasteiger partial charge in [-0.1, -0.05) is 5.10 Å². The highest BCUT2D eigenvalue weighted by molar-refractivity contribution is 5.64. The van der Waals surface area contributed by atoms with Gasteiger partial charge in [0.2, 0.25) is 0 Å². The predicted molar refractivity (Wildman–Crippen MR) is 80.1 cm³/mol. The Morgan fingerprint density at radius 2 is 2.14 bits per heavy atom. The number of nitro groups is 1. The van der Waals surface area contributed by atoms with E-state index in [-0.39, 0.29) is 11.6 Å². The highest BCUT2D eigenvalue weighted by atomic mass is 16.6. The number of hydrogen-bond acceptors (Lipinski definition) is 5. The summed E-state index contributed by atoms with van der Waals surface area (Å²) in [7, 11) is 1.54. The van der Waals surface area contributed by atoms with Gasteiger partial charge in [-0.3, -0.25) is 0 Å². The molecule has 2 N–H and O–H groups in total. The Morgan fingerprint density at radius 1 is 1.43 bits per heavy atom. The minimum atomic E-state index is -0.453. The van der Waals surface area contributed by atoms with Crippen molar-refractivity contribution in [3.63, 3.8) is 0 Å². The number of anilines is 1. The molecule has 110 valence electrons. The molecule has 0 radical (unpaired) electrons. The molecule has 0 atom stereocenters. The average Bonchev–Trinajstić information content (AvgIpc) is 2.66. The molecule has 21 heavy (non-hydrogen) atoms. The maximum Gasteiger partial charge on any atom is 0.352 e. The van der Waals surface area contributed by atoms with Crippen molar-refractivity contribution in [3.05, 3.63) is 51.3 Å². The van der Waals surface area contributed by atoms with Gasteiger partial charge in [0.1, 0.15) is 12.8 Å². The molecule has 0 saturated heterocycles. The molecule has 0 aliphatic heterocycles. The van der Waals surface area contributed by atoms with Gasteiger partial charge < -0.3 is 20.5 Å². The Bertz CT molecular complexity index is 719. The number of phenols is 1. The largest absolute Gasteiger partial charge is 0.508 e. The zero-order chi connectivity index (χ0) is 15.6. The number of aromatic nitrogens is 2. The van der Waals surface area contributed by atoms with Crippen LogP contribution in [0.25, 0.3) is 6.08 Å². The van der Waals surface area contributed by atoms with Crippen LogP contribution < -0.4 is 5.32 Å². The first kappa shape index (κ1) is 14.6. The smallest absolute Gasteiger partial charge is 0.352 e. The summed E-state index contributed by atoms with van der Waals surface area (Å²) in [4.78, 5) is 10.6. The molecule has 2 aromatic rings. The second-order valence-corrected chi connectivity index (χ2v) is 4.68. The number of nitrogens with one attached hydrogen (secondary N) is 1. The van der Waals surface area contributed by atoms with Crippen LogP contribution in [0.5, 0.6) is 5.75 Å². The van der Waals surface area contributed by atoms with Gasteiger partial charge in [0.25, 0.3) is 0 Å². The topological polar surface area (TPSA) is 93.2 Å². The van der Waals surface area contributed by atoms with Crippen LogP contribution in [0, 0.1) is 24.0 Å². The van der Waals surface area contributed by atoms with Gasteiger partial charge in [-0.25, -0.2) is 0 Å². The van der Waals surface area contributed by atoms with Gasteiger partial charge in [0, 0.05) is 11.9 Å². The minimum absolute atomic E-state index is 0.0482. The third-order valence-corrected chi connectivity index (χ3v) is 3.11. The zero-order valence-corrected chi connectivity index (χ0v) is 12.0. The van der Waals surface area contributed by atoms with Crippen LogP contribution in [0.2, 0.25) is 0 Å². The number of benzene rings is 1. The van der Waals surface area contributed by atoms with E-state index in [0.717, 1.165) is 11.3 Å². The Balaban J connectivity index is 2.24. The first-order valence-electron chi connectivity index (χ1n) is 6.31. The van der Waals surface area contributed by atoms with Crippen molar-refractivity contribution >= 4 is 17.6 Å². The van der Waals surface area contributed by atoms with Gasteiger partial charge in [-0.2, -0.15) is 0 Å². The molecule has 0 aliphatic carbocycles. The van der Waals surface area contributed by atoms with Crippen LogP contribution in [0.15, 0.2) is 24.4 Å². The van der Waals surface area contributed by atoms with Gasteiger partial charge in [0.15, 0.2) is 0 Å². The molecule has 0 fully saturated rings. The van der Waals surface area contributed by atoms with Gasteiger partial charge >= 0.3 is 5.82 Å². The van der Waals surface area contributed by atoms with E-state index in [1.807, 2.05) is 6.92 Å². The van der Waals surface area contributed by atoms with Gasteiger partial charge in [-0.15, -0.1) is 4.68 Å². The second kappa shape index (κ2) is 5.66. The lowest BCUT2D eigenvalue weighted by atomic mass is 10.2. The number of hydrogen-bond donors (Lipinski definition) is 2. The second-order valence-electron chi connectivity index (χ2n) is 4.68. The predicted octanol–water partition coefficient (Wildman–Crippen LogP) is 2.73. The molecule has 1 aromatic heterocycles. The van der Waals surface area contributed by atoms with Gasteiger partial charge in [0.05, 0.1) is 11.3 Å². The third kappa shape index (κ3) is 3.02. The summed E-state index contributed by atoms with van der Waals surface area (Å²) in [6.45, 7) is 3.58. The molecule has 0 bridgehead atoms. The fourth-order valence-corrected chi connectivity index (χ4v) is 2.10. The number of aromatic hydroxyl groups is 1. The summed E-state index contributed by atoms with van der Waals surface area (Å²) in [6.07, 6.45) is 3.24. The van der Waals surface area contributed by atoms with Crippen LogP contribution in [-0.2, 0) is 7.05 Å². The van der Waals surface area contributed by atoms with E-state index in [1.54, 1.807) is 44.4 Å². The minimum Gasteiger partial charge on any atom is -0.508 e. The lowest BCUT2D eigenvalue weighted by Gasteiger charge is -2.05. The fourth-order valence-electron chi connectivity index (χ4n) is 2.10. The molecular weight excluding hydrogens is 272 g/mol. The maximum absolute atomic E-state index is 11.0. The monoisotopic (exact) mass is 288 g/mol. The molecule has 0 unspecified atom stereocenters. The van der Waals surface area contributed by atoms with E-state index in [4.69, 9.17) is 0 Å². The molecule has 7 nitrogen and oxygen atoms in total. The summed E-state index contributed by atoms with van der Waals surface area (Å²) in [6, 6.07) is 4.94. The van der Waals surface area contributed by atoms with Crippen LogP contribution in [0.4, 0.5) is 11.5 Å². The molecule has 0 spiro atoms. The third-order valence-electron chi connectivity index (χ3n) is 3.11. The number of nitrogens with zero attached hydrogens (tertiary/aromatic N) is 3. The van der Waals surface area contributed by atoms with Crippen molar-refractivity contribution in [2.45, 2.75) is 13.8 Å². The van der Waals surface area contributed by atoms with Crippen molar-refractivity contribution in [2.75, 3.05) is 5.32 Å². The lowest BCUT2D eigenvalue weighted by molar-refractivity contribution is -0.392. The number of phenolic OH excluding ortho intramolecular Hbond substituents is 1. The maximum atomic E-state index is 11.0. The Morgan fingerprint density at radius 3 is 2.76 bits per heavy atom. The highest BCUT2D eigenvalue weighted by Gasteiger charge is 2.20. The normalized spacial score (nSPS) is 11.0. The molecular formula is C14H16N4O3. The molecule has 1 heterocycles. The molecule has 0 saturated carbocycles. The Kier molecular flexibility index (Phi) is 3.93. The van der Waals surface area contributed by atoms with Gasteiger partial charge in [-0.05, 0) is 48.6 Å². The standard InChI is InChI=1S/C14H16N4O3/c1-9-8-11(19)4-5-13(9)15-7-6-12-10(2)16-17(3)14(12)18(20)21/h4-8,15,19H,1-3H3. The first-order valence-corrected chi connectivity index (χ1v) is 6.31. The van der Waals surface area contributed by atoms with Crippen LogP contribution in [-0.4, -0.2) is 19.8 Å². The van der Waals surface area contributed by atoms with Crippen molar-refractivity contribution in [3.8, 4) is 5.75 Å². The molecule has 0 amide bonds. The SMILES string of the molecule is Cc1cc(O)ccc1NC=Cc1c(C)nn(C)c1[N+](=O)[O-]. The lowest BCUT2D eigenvalue weighted by Crippen LogP contribution is -1.99. The molecule has 2 rings (SSSR count). The first-order chi connectivity index (χ1) is 9.90. The van der Waals surface area contributed by atoms with E-state index in [9.17, 15) is 15.2 Å². The Hall–Kier alpha value is -2.83. The van der Waals surface area contributed by atoms with Crippen molar-refractivity contribution in [1.82, 2.24) is 9.78 Å². The van der Waals surface area contributed by atoms with Crippen molar-refractivity contribution in [2.24, 2.45) is 7.05 Å². The quantitative estimate of drug-likeness (QED) is 0.512. The van der Waals surface area contributed by atoms with Crippen LogP contribution in [0.1, 0.15) is 16.8 Å². The summed E-state index contributed by atoms with van der Waals surface area (Å²) < 4.78 is 1.25. The van der Waals surface area contributed by atoms with E-state index in [2.05, 4.69) is 10.4 Å². The number of rotatable bonds is 4. The zero-order valence-electron chi connectivity index (χ0n) is 12.0. The van der Waals surface area contributed by atoms with E-state index < -0.39 is 4.92 Å². The summed E-state index contributed by atoms with van der Waals surface area (Å²) in [5.41, 5.74) is 2.74. The highest BCUT2D eigenvalue weighted by Crippen LogP contribution is 2.23. The van der Waals surface area contributed by atoms with Crippen LogP contribution >= 0.6 is 0 Å².